The summed E-state index contributed by atoms with van der Waals surface area (Å²) in [5.74, 6) is 1.63. The van der Waals surface area contributed by atoms with Crippen LogP contribution in [0.1, 0.15) is 22.3 Å². The molecule has 0 unspecified atom stereocenters. The number of fused-ring (bicyclic) bond motifs is 1. The molecular weight excluding hydrogens is 302 g/mol. The molecule has 1 aliphatic rings. The molecule has 0 saturated carbocycles. The molecular formula is C20H23NO3. The van der Waals surface area contributed by atoms with Gasteiger partial charge in [-0.25, -0.2) is 0 Å². The molecule has 4 heteroatoms. The van der Waals surface area contributed by atoms with Gasteiger partial charge in [0.1, 0.15) is 11.5 Å². The van der Waals surface area contributed by atoms with E-state index in [4.69, 9.17) is 9.47 Å². The second-order valence-electron chi connectivity index (χ2n) is 6.14. The average molecular weight is 325 g/mol. The summed E-state index contributed by atoms with van der Waals surface area (Å²) in [4.78, 5) is 14.7. The van der Waals surface area contributed by atoms with Crippen molar-refractivity contribution in [3.63, 3.8) is 0 Å². The Morgan fingerprint density at radius 2 is 1.79 bits per heavy atom. The second kappa shape index (κ2) is 6.95. The Kier molecular flexibility index (Phi) is 4.74. The zero-order valence-electron chi connectivity index (χ0n) is 14.5. The first-order valence-electron chi connectivity index (χ1n) is 8.18. The van der Waals surface area contributed by atoms with Gasteiger partial charge in [0.15, 0.2) is 0 Å². The lowest BCUT2D eigenvalue weighted by atomic mass is 9.99. The topological polar surface area (TPSA) is 38.8 Å². The normalized spacial score (nSPS) is 13.4. The molecule has 2 aromatic carbocycles. The number of benzene rings is 2. The SMILES string of the molecule is COc1cc(CC(=O)N2CCc3ccccc3C2)c(OC)cc1C. The standard InChI is InChI=1S/C20H23NO3/c1-14-10-19(24-3)17(11-18(14)23-2)12-20(22)21-9-8-15-6-4-5-7-16(15)13-21/h4-7,10-11H,8-9,12-13H2,1-3H3. The van der Waals surface area contributed by atoms with Gasteiger partial charge in [0.2, 0.25) is 5.91 Å². The first-order chi connectivity index (χ1) is 11.6. The van der Waals surface area contributed by atoms with E-state index in [1.165, 1.54) is 11.1 Å². The smallest absolute Gasteiger partial charge is 0.227 e. The van der Waals surface area contributed by atoms with Gasteiger partial charge in [-0.1, -0.05) is 24.3 Å². The average Bonchev–Trinajstić information content (AvgIpc) is 2.62. The number of nitrogens with zero attached hydrogens (tertiary/aromatic N) is 1. The molecule has 0 saturated heterocycles. The van der Waals surface area contributed by atoms with E-state index in [0.29, 0.717) is 13.0 Å². The quantitative estimate of drug-likeness (QED) is 0.867. The largest absolute Gasteiger partial charge is 0.496 e. The first-order valence-corrected chi connectivity index (χ1v) is 8.18. The van der Waals surface area contributed by atoms with Crippen LogP contribution in [0.4, 0.5) is 0 Å². The summed E-state index contributed by atoms with van der Waals surface area (Å²) in [5, 5.41) is 0. The highest BCUT2D eigenvalue weighted by Crippen LogP contribution is 2.29. The van der Waals surface area contributed by atoms with Crippen molar-refractivity contribution in [1.82, 2.24) is 4.90 Å². The van der Waals surface area contributed by atoms with E-state index < -0.39 is 0 Å². The van der Waals surface area contributed by atoms with E-state index in [1.807, 2.05) is 30.0 Å². The molecule has 0 spiro atoms. The molecule has 0 atom stereocenters. The summed E-state index contributed by atoms with van der Waals surface area (Å²) < 4.78 is 10.8. The van der Waals surface area contributed by atoms with Gasteiger partial charge in [0.25, 0.3) is 0 Å². The number of carbonyl (C=O) groups excluding carboxylic acids is 1. The van der Waals surface area contributed by atoms with E-state index >= 15 is 0 Å². The van der Waals surface area contributed by atoms with Crippen LogP contribution >= 0.6 is 0 Å². The van der Waals surface area contributed by atoms with E-state index in [1.54, 1.807) is 14.2 Å². The van der Waals surface area contributed by atoms with Crippen molar-refractivity contribution < 1.29 is 14.3 Å². The van der Waals surface area contributed by atoms with Crippen molar-refractivity contribution in [3.05, 3.63) is 58.7 Å². The Morgan fingerprint density at radius 1 is 1.08 bits per heavy atom. The van der Waals surface area contributed by atoms with Crippen LogP contribution in [0.5, 0.6) is 11.5 Å². The summed E-state index contributed by atoms with van der Waals surface area (Å²) in [6.07, 6.45) is 1.23. The second-order valence-corrected chi connectivity index (χ2v) is 6.14. The van der Waals surface area contributed by atoms with Crippen molar-refractivity contribution in [2.45, 2.75) is 26.3 Å². The monoisotopic (exact) mass is 325 g/mol. The summed E-state index contributed by atoms with van der Waals surface area (Å²) in [6.45, 7) is 3.41. The van der Waals surface area contributed by atoms with Gasteiger partial charge >= 0.3 is 0 Å². The third-order valence-corrected chi connectivity index (χ3v) is 4.62. The van der Waals surface area contributed by atoms with Gasteiger partial charge in [-0.15, -0.1) is 0 Å². The molecule has 1 aliphatic heterocycles. The first kappa shape index (κ1) is 16.4. The molecule has 0 N–H and O–H groups in total. The molecule has 24 heavy (non-hydrogen) atoms. The van der Waals surface area contributed by atoms with E-state index in [9.17, 15) is 4.79 Å². The molecule has 0 bridgehead atoms. The van der Waals surface area contributed by atoms with Gasteiger partial charge in [0.05, 0.1) is 20.6 Å². The Hall–Kier alpha value is -2.49. The third-order valence-electron chi connectivity index (χ3n) is 4.62. The minimum atomic E-state index is 0.119. The van der Waals surface area contributed by atoms with E-state index in [0.717, 1.165) is 35.6 Å². The number of hydrogen-bond donors (Lipinski definition) is 0. The molecule has 0 radical (unpaired) electrons. The Labute approximate surface area is 143 Å². The van der Waals surface area contributed by atoms with Gasteiger partial charge < -0.3 is 14.4 Å². The van der Waals surface area contributed by atoms with Crippen molar-refractivity contribution in [1.29, 1.82) is 0 Å². The van der Waals surface area contributed by atoms with Crippen LogP contribution in [-0.2, 0) is 24.2 Å². The van der Waals surface area contributed by atoms with Crippen molar-refractivity contribution in [2.75, 3.05) is 20.8 Å². The fraction of sp³-hybridized carbons (Fsp3) is 0.350. The predicted molar refractivity (Wildman–Crippen MR) is 93.6 cm³/mol. The fourth-order valence-electron chi connectivity index (χ4n) is 3.24. The summed E-state index contributed by atoms with van der Waals surface area (Å²) in [5.41, 5.74) is 4.45. The Morgan fingerprint density at radius 3 is 2.50 bits per heavy atom. The number of rotatable bonds is 4. The van der Waals surface area contributed by atoms with Crippen molar-refractivity contribution in [3.8, 4) is 11.5 Å². The minimum absolute atomic E-state index is 0.119. The maximum Gasteiger partial charge on any atom is 0.227 e. The molecule has 1 amide bonds. The molecule has 0 fully saturated rings. The van der Waals surface area contributed by atoms with Gasteiger partial charge in [-0.2, -0.15) is 0 Å². The molecule has 0 aliphatic carbocycles. The Balaban J connectivity index is 1.78. The number of amides is 1. The van der Waals surface area contributed by atoms with Gasteiger partial charge in [-0.05, 0) is 42.2 Å². The molecule has 1 heterocycles. The van der Waals surface area contributed by atoms with Crippen LogP contribution in [0.2, 0.25) is 0 Å². The van der Waals surface area contributed by atoms with Crippen molar-refractivity contribution in [2.24, 2.45) is 0 Å². The van der Waals surface area contributed by atoms with E-state index in [2.05, 4.69) is 18.2 Å². The van der Waals surface area contributed by atoms with Crippen LogP contribution in [-0.4, -0.2) is 31.6 Å². The molecule has 4 nitrogen and oxygen atoms in total. The molecule has 3 rings (SSSR count). The highest BCUT2D eigenvalue weighted by molar-refractivity contribution is 5.80. The molecule has 0 aromatic heterocycles. The lowest BCUT2D eigenvalue weighted by Crippen LogP contribution is -2.36. The Bertz CT molecular complexity index is 755. The zero-order chi connectivity index (χ0) is 17.1. The van der Waals surface area contributed by atoms with E-state index in [-0.39, 0.29) is 5.91 Å². The number of carbonyl (C=O) groups is 1. The lowest BCUT2D eigenvalue weighted by Gasteiger charge is -2.29. The number of methoxy groups -OCH3 is 2. The van der Waals surface area contributed by atoms with Crippen LogP contribution in [0.3, 0.4) is 0 Å². The summed E-state index contributed by atoms with van der Waals surface area (Å²) in [7, 11) is 3.27. The highest BCUT2D eigenvalue weighted by atomic mass is 16.5. The van der Waals surface area contributed by atoms with Crippen LogP contribution in [0.25, 0.3) is 0 Å². The van der Waals surface area contributed by atoms with Crippen molar-refractivity contribution >= 4 is 5.91 Å². The van der Waals surface area contributed by atoms with Gasteiger partial charge in [0, 0.05) is 18.7 Å². The number of hydrogen-bond acceptors (Lipinski definition) is 3. The predicted octanol–water partition coefficient (Wildman–Crippen LogP) is 3.14. The van der Waals surface area contributed by atoms with Crippen LogP contribution in [0.15, 0.2) is 36.4 Å². The van der Waals surface area contributed by atoms with Crippen LogP contribution in [0, 0.1) is 6.92 Å². The molecule has 2 aromatic rings. The lowest BCUT2D eigenvalue weighted by molar-refractivity contribution is -0.131. The molecule has 126 valence electrons. The fourth-order valence-corrected chi connectivity index (χ4v) is 3.24. The maximum absolute atomic E-state index is 12.8. The number of aryl methyl sites for hydroxylation is 1. The zero-order valence-corrected chi connectivity index (χ0v) is 14.5. The summed E-state index contributed by atoms with van der Waals surface area (Å²) >= 11 is 0. The minimum Gasteiger partial charge on any atom is -0.496 e. The van der Waals surface area contributed by atoms with Crippen LogP contribution < -0.4 is 9.47 Å². The maximum atomic E-state index is 12.8. The van der Waals surface area contributed by atoms with Gasteiger partial charge in [-0.3, -0.25) is 4.79 Å². The highest BCUT2D eigenvalue weighted by Gasteiger charge is 2.22. The third kappa shape index (κ3) is 3.23. The summed E-state index contributed by atoms with van der Waals surface area (Å²) in [6, 6.07) is 12.2. The number of ether oxygens (including phenoxy) is 2.